The number of methoxy groups -OCH3 is 1. The van der Waals surface area contributed by atoms with Crippen LogP contribution >= 0.6 is 0 Å². The summed E-state index contributed by atoms with van der Waals surface area (Å²) in [5.74, 6) is 2.01. The van der Waals surface area contributed by atoms with Crippen molar-refractivity contribution < 1.29 is 19.0 Å². The molecule has 2 aromatic carbocycles. The lowest BCUT2D eigenvalue weighted by Gasteiger charge is -2.35. The number of fused-ring (bicyclic) bond motifs is 1. The summed E-state index contributed by atoms with van der Waals surface area (Å²) in [5.41, 5.74) is 2.33. The Kier molecular flexibility index (Phi) is 6.46. The molecule has 1 N–H and O–H groups in total. The third-order valence-electron chi connectivity index (χ3n) is 5.81. The van der Waals surface area contributed by atoms with Crippen LogP contribution < -0.4 is 9.64 Å². The smallest absolute Gasteiger partial charge is 0.279 e. The van der Waals surface area contributed by atoms with Crippen LogP contribution in [0.2, 0.25) is 0 Å². The standard InChI is InChI=1S/C25H27FN4O3/c1-17-28(2)24-23(25(32)29(17)13-4-14-31)30(16-19-5-9-20(26)10-6-19)22(27-24)15-18-7-11-21(33-3)12-8-18/h5-12,31H,1,4,13-16H2,2-3H3. The van der Waals surface area contributed by atoms with Gasteiger partial charge in [-0.3, -0.25) is 9.69 Å². The molecule has 0 bridgehead atoms. The van der Waals surface area contributed by atoms with E-state index in [2.05, 4.69) is 6.58 Å². The van der Waals surface area contributed by atoms with Gasteiger partial charge in [0.05, 0.1) is 7.11 Å². The first-order valence-corrected chi connectivity index (χ1v) is 10.7. The summed E-state index contributed by atoms with van der Waals surface area (Å²) in [6.45, 7) is 4.76. The van der Waals surface area contributed by atoms with Crippen molar-refractivity contribution in [1.82, 2.24) is 14.5 Å². The third kappa shape index (κ3) is 4.47. The van der Waals surface area contributed by atoms with Crippen LogP contribution in [0.15, 0.2) is 60.9 Å². The Labute approximate surface area is 192 Å². The third-order valence-corrected chi connectivity index (χ3v) is 5.81. The number of amides is 1. The molecule has 33 heavy (non-hydrogen) atoms. The van der Waals surface area contributed by atoms with Crippen LogP contribution in [0.1, 0.15) is 33.9 Å². The Morgan fingerprint density at radius 1 is 1.09 bits per heavy atom. The first-order valence-electron chi connectivity index (χ1n) is 10.7. The van der Waals surface area contributed by atoms with Gasteiger partial charge in [0, 0.05) is 33.2 Å². The molecule has 4 rings (SSSR count). The summed E-state index contributed by atoms with van der Waals surface area (Å²) in [4.78, 5) is 21.7. The highest BCUT2D eigenvalue weighted by molar-refractivity contribution is 6.01. The monoisotopic (exact) mass is 450 g/mol. The largest absolute Gasteiger partial charge is 0.497 e. The zero-order valence-corrected chi connectivity index (χ0v) is 18.8. The predicted octanol–water partition coefficient (Wildman–Crippen LogP) is 3.42. The Morgan fingerprint density at radius 3 is 2.39 bits per heavy atom. The maximum Gasteiger partial charge on any atom is 0.279 e. The highest BCUT2D eigenvalue weighted by Crippen LogP contribution is 2.33. The topological polar surface area (TPSA) is 70.8 Å². The van der Waals surface area contributed by atoms with Gasteiger partial charge < -0.3 is 19.3 Å². The molecule has 1 amide bonds. The number of hydrogen-bond donors (Lipinski definition) is 1. The molecule has 0 fully saturated rings. The number of aromatic nitrogens is 2. The lowest BCUT2D eigenvalue weighted by atomic mass is 10.1. The van der Waals surface area contributed by atoms with E-state index in [-0.39, 0.29) is 18.3 Å². The number of anilines is 1. The Balaban J connectivity index is 1.78. The molecule has 2 heterocycles. The van der Waals surface area contributed by atoms with Crippen molar-refractivity contribution in [2.45, 2.75) is 19.4 Å². The predicted molar refractivity (Wildman–Crippen MR) is 124 cm³/mol. The van der Waals surface area contributed by atoms with Gasteiger partial charge in [-0.2, -0.15) is 0 Å². The fraction of sp³-hybridized carbons (Fsp3) is 0.280. The fourth-order valence-corrected chi connectivity index (χ4v) is 3.94. The van der Waals surface area contributed by atoms with Crippen molar-refractivity contribution >= 4 is 11.7 Å². The van der Waals surface area contributed by atoms with Gasteiger partial charge in [-0.25, -0.2) is 9.37 Å². The van der Waals surface area contributed by atoms with Crippen molar-refractivity contribution in [3.8, 4) is 5.75 Å². The Hall–Kier alpha value is -3.65. The maximum absolute atomic E-state index is 13.5. The van der Waals surface area contributed by atoms with Crippen molar-refractivity contribution in [2.75, 3.05) is 32.2 Å². The van der Waals surface area contributed by atoms with E-state index in [9.17, 15) is 14.3 Å². The number of ether oxygens (including phenoxy) is 1. The Bertz CT molecular complexity index is 1160. The van der Waals surface area contributed by atoms with E-state index in [1.54, 1.807) is 29.0 Å². The first-order chi connectivity index (χ1) is 15.9. The second-order valence-electron chi connectivity index (χ2n) is 7.95. The second kappa shape index (κ2) is 9.46. The minimum Gasteiger partial charge on any atom is -0.497 e. The minimum atomic E-state index is -0.313. The normalized spacial score (nSPS) is 13.5. The van der Waals surface area contributed by atoms with Gasteiger partial charge in [0.15, 0.2) is 11.5 Å². The van der Waals surface area contributed by atoms with Crippen molar-refractivity contribution in [2.24, 2.45) is 0 Å². The minimum absolute atomic E-state index is 0.0226. The summed E-state index contributed by atoms with van der Waals surface area (Å²) in [6.07, 6.45) is 0.946. The first kappa shape index (κ1) is 22.5. The van der Waals surface area contributed by atoms with Crippen LogP contribution in [-0.4, -0.2) is 52.8 Å². The maximum atomic E-state index is 13.5. The molecule has 1 aromatic heterocycles. The molecular weight excluding hydrogens is 423 g/mol. The van der Waals surface area contributed by atoms with Crippen LogP contribution in [0.5, 0.6) is 5.75 Å². The fourth-order valence-electron chi connectivity index (χ4n) is 3.94. The van der Waals surface area contributed by atoms with Crippen molar-refractivity contribution in [3.05, 3.63) is 89.4 Å². The molecule has 0 saturated carbocycles. The van der Waals surface area contributed by atoms with Gasteiger partial charge in [0.2, 0.25) is 0 Å². The molecule has 0 aliphatic carbocycles. The summed E-state index contributed by atoms with van der Waals surface area (Å²) in [6, 6.07) is 13.9. The van der Waals surface area contributed by atoms with E-state index in [0.717, 1.165) is 16.9 Å². The number of carbonyl (C=O) groups excluding carboxylic acids is 1. The quantitative estimate of drug-likeness (QED) is 0.570. The number of nitrogens with zero attached hydrogens (tertiary/aromatic N) is 4. The van der Waals surface area contributed by atoms with E-state index in [1.807, 2.05) is 35.9 Å². The number of imidazole rings is 1. The van der Waals surface area contributed by atoms with Gasteiger partial charge in [-0.1, -0.05) is 30.8 Å². The van der Waals surface area contributed by atoms with E-state index in [1.165, 1.54) is 12.1 Å². The lowest BCUT2D eigenvalue weighted by Crippen LogP contribution is -2.44. The molecule has 0 atom stereocenters. The van der Waals surface area contributed by atoms with E-state index >= 15 is 0 Å². The number of aliphatic hydroxyl groups is 1. The molecule has 0 radical (unpaired) electrons. The number of benzene rings is 2. The van der Waals surface area contributed by atoms with Crippen LogP contribution in [0, 0.1) is 5.82 Å². The highest BCUT2D eigenvalue weighted by atomic mass is 19.1. The number of rotatable bonds is 8. The molecule has 3 aromatic rings. The highest BCUT2D eigenvalue weighted by Gasteiger charge is 2.36. The molecular formula is C25H27FN4O3. The summed E-state index contributed by atoms with van der Waals surface area (Å²) < 4.78 is 20.6. The molecule has 1 aliphatic heterocycles. The summed E-state index contributed by atoms with van der Waals surface area (Å²) in [7, 11) is 3.45. The van der Waals surface area contributed by atoms with E-state index in [0.29, 0.717) is 49.1 Å². The molecule has 0 spiro atoms. The zero-order chi connectivity index (χ0) is 23.5. The van der Waals surface area contributed by atoms with Gasteiger partial charge in [-0.05, 0) is 41.8 Å². The molecule has 0 saturated heterocycles. The molecule has 8 heteroatoms. The van der Waals surface area contributed by atoms with Crippen LogP contribution in [0.25, 0.3) is 0 Å². The van der Waals surface area contributed by atoms with E-state index < -0.39 is 0 Å². The van der Waals surface area contributed by atoms with Crippen LogP contribution in [0.4, 0.5) is 10.2 Å². The average Bonchev–Trinajstić information content (AvgIpc) is 3.17. The second-order valence-corrected chi connectivity index (χ2v) is 7.95. The molecule has 0 unspecified atom stereocenters. The molecule has 1 aliphatic rings. The molecule has 172 valence electrons. The number of hydrogen-bond acceptors (Lipinski definition) is 5. The average molecular weight is 451 g/mol. The summed E-state index contributed by atoms with van der Waals surface area (Å²) >= 11 is 0. The van der Waals surface area contributed by atoms with Gasteiger partial charge in [-0.15, -0.1) is 0 Å². The summed E-state index contributed by atoms with van der Waals surface area (Å²) in [5, 5.41) is 9.27. The van der Waals surface area contributed by atoms with Gasteiger partial charge >= 0.3 is 0 Å². The van der Waals surface area contributed by atoms with Crippen molar-refractivity contribution in [1.29, 1.82) is 0 Å². The number of halogens is 1. The van der Waals surface area contributed by atoms with Crippen LogP contribution in [-0.2, 0) is 13.0 Å². The number of aliphatic hydroxyl groups excluding tert-OH is 1. The lowest BCUT2D eigenvalue weighted by molar-refractivity contribution is 0.0775. The SMILES string of the molecule is C=C1N(CCCO)C(=O)c2c(nc(Cc3ccc(OC)cc3)n2Cc2ccc(F)cc2)N1C. The number of carbonyl (C=O) groups is 1. The van der Waals surface area contributed by atoms with E-state index in [4.69, 9.17) is 9.72 Å². The molecule has 7 nitrogen and oxygen atoms in total. The van der Waals surface area contributed by atoms with Crippen molar-refractivity contribution in [3.63, 3.8) is 0 Å². The van der Waals surface area contributed by atoms with Gasteiger partial charge in [0.1, 0.15) is 23.2 Å². The Morgan fingerprint density at radius 2 is 1.76 bits per heavy atom. The zero-order valence-electron chi connectivity index (χ0n) is 18.8. The van der Waals surface area contributed by atoms with Gasteiger partial charge in [0.25, 0.3) is 5.91 Å². The van der Waals surface area contributed by atoms with Crippen LogP contribution in [0.3, 0.4) is 0 Å².